The Kier molecular flexibility index (Phi) is 7.14. The van der Waals surface area contributed by atoms with Gasteiger partial charge in [-0.15, -0.1) is 0 Å². The monoisotopic (exact) mass is 541 g/mol. The number of carbonyl (C=O) groups is 3. The average molecular weight is 542 g/mol. The Labute approximate surface area is 207 Å². The summed E-state index contributed by atoms with van der Waals surface area (Å²) in [5.41, 5.74) is 1.60. The lowest BCUT2D eigenvalue weighted by molar-refractivity contribution is -0.123. The average Bonchev–Trinajstić information content (AvgIpc) is 3.08. The van der Waals surface area contributed by atoms with Crippen LogP contribution in [0.4, 0.5) is 9.18 Å². The maximum Gasteiger partial charge on any atom is 0.343 e. The summed E-state index contributed by atoms with van der Waals surface area (Å²) in [5, 5.41) is -0.410. The van der Waals surface area contributed by atoms with Crippen molar-refractivity contribution in [2.45, 2.75) is 6.54 Å². The van der Waals surface area contributed by atoms with Crippen LogP contribution >= 0.6 is 27.7 Å². The molecule has 6 nitrogen and oxygen atoms in total. The first kappa shape index (κ1) is 23.7. The van der Waals surface area contributed by atoms with Gasteiger partial charge in [-0.05, 0) is 71.4 Å². The first-order valence-electron chi connectivity index (χ1n) is 9.99. The number of hydrogen-bond donors (Lipinski definition) is 0. The number of amides is 2. The van der Waals surface area contributed by atoms with Crippen molar-refractivity contribution in [3.63, 3.8) is 0 Å². The molecule has 172 valence electrons. The lowest BCUT2D eigenvalue weighted by Crippen LogP contribution is -2.27. The molecule has 0 saturated carbocycles. The van der Waals surface area contributed by atoms with E-state index >= 15 is 0 Å². The molecular formula is C25H17BrFNO5S. The normalized spacial score (nSPS) is 14.6. The molecule has 0 bridgehead atoms. The molecule has 0 N–H and O–H groups in total. The summed E-state index contributed by atoms with van der Waals surface area (Å²) in [5.74, 6) is -0.869. The van der Waals surface area contributed by atoms with Crippen LogP contribution in [0.5, 0.6) is 11.5 Å². The molecule has 0 spiro atoms. The quantitative estimate of drug-likeness (QED) is 0.215. The van der Waals surface area contributed by atoms with Gasteiger partial charge in [0, 0.05) is 4.47 Å². The molecule has 34 heavy (non-hydrogen) atoms. The van der Waals surface area contributed by atoms with Gasteiger partial charge in [-0.2, -0.15) is 0 Å². The molecule has 0 atom stereocenters. The fraction of sp³-hybridized carbons (Fsp3) is 0.0800. The SMILES string of the molecule is COc1cc(/C=C2\SC(=O)N(Cc3ccc(F)cc3)C2=O)ccc1OC(=O)c1cccc(Br)c1. The van der Waals surface area contributed by atoms with Crippen LogP contribution in [0, 0.1) is 5.82 Å². The fourth-order valence-electron chi connectivity index (χ4n) is 3.19. The van der Waals surface area contributed by atoms with Crippen molar-refractivity contribution in [2.24, 2.45) is 0 Å². The number of halogens is 2. The van der Waals surface area contributed by atoms with Gasteiger partial charge in [0.25, 0.3) is 11.1 Å². The number of hydrogen-bond acceptors (Lipinski definition) is 6. The van der Waals surface area contributed by atoms with Gasteiger partial charge < -0.3 is 9.47 Å². The van der Waals surface area contributed by atoms with Crippen molar-refractivity contribution < 1.29 is 28.2 Å². The van der Waals surface area contributed by atoms with Crippen LogP contribution in [0.2, 0.25) is 0 Å². The molecule has 4 rings (SSSR count). The smallest absolute Gasteiger partial charge is 0.343 e. The third kappa shape index (κ3) is 5.37. The number of imide groups is 1. The minimum atomic E-state index is -0.547. The van der Waals surface area contributed by atoms with Gasteiger partial charge in [-0.3, -0.25) is 14.5 Å². The van der Waals surface area contributed by atoms with Gasteiger partial charge in [0.2, 0.25) is 0 Å². The fourth-order valence-corrected chi connectivity index (χ4v) is 4.43. The highest BCUT2D eigenvalue weighted by Crippen LogP contribution is 2.35. The zero-order valence-corrected chi connectivity index (χ0v) is 20.2. The summed E-state index contributed by atoms with van der Waals surface area (Å²) in [6.45, 7) is 0.0517. The summed E-state index contributed by atoms with van der Waals surface area (Å²) < 4.78 is 24.7. The van der Waals surface area contributed by atoms with E-state index in [9.17, 15) is 18.8 Å². The maximum absolute atomic E-state index is 13.1. The van der Waals surface area contributed by atoms with E-state index < -0.39 is 22.9 Å². The first-order valence-corrected chi connectivity index (χ1v) is 11.6. The number of benzene rings is 3. The topological polar surface area (TPSA) is 72.9 Å². The number of rotatable bonds is 6. The minimum Gasteiger partial charge on any atom is -0.493 e. The molecule has 1 aliphatic heterocycles. The highest BCUT2D eigenvalue weighted by atomic mass is 79.9. The number of thioether (sulfide) groups is 1. The van der Waals surface area contributed by atoms with E-state index in [4.69, 9.17) is 9.47 Å². The predicted molar refractivity (Wildman–Crippen MR) is 130 cm³/mol. The van der Waals surface area contributed by atoms with Gasteiger partial charge in [0.15, 0.2) is 11.5 Å². The van der Waals surface area contributed by atoms with Gasteiger partial charge >= 0.3 is 5.97 Å². The highest BCUT2D eigenvalue weighted by Gasteiger charge is 2.35. The van der Waals surface area contributed by atoms with Gasteiger partial charge in [0.05, 0.1) is 24.1 Å². The number of esters is 1. The van der Waals surface area contributed by atoms with Crippen LogP contribution in [0.15, 0.2) is 76.1 Å². The first-order chi connectivity index (χ1) is 16.3. The maximum atomic E-state index is 13.1. The van der Waals surface area contributed by atoms with E-state index in [1.807, 2.05) is 0 Å². The molecule has 1 saturated heterocycles. The predicted octanol–water partition coefficient (Wildman–Crippen LogP) is 6.05. The van der Waals surface area contributed by atoms with Crippen LogP contribution in [0.25, 0.3) is 6.08 Å². The van der Waals surface area contributed by atoms with Crippen LogP contribution < -0.4 is 9.47 Å². The third-order valence-corrected chi connectivity index (χ3v) is 6.28. The summed E-state index contributed by atoms with van der Waals surface area (Å²) >= 11 is 4.14. The van der Waals surface area contributed by atoms with Gasteiger partial charge in [-0.25, -0.2) is 9.18 Å². The van der Waals surface area contributed by atoms with Crippen molar-refractivity contribution in [2.75, 3.05) is 7.11 Å². The minimum absolute atomic E-state index is 0.0517. The molecule has 0 aliphatic carbocycles. The van der Waals surface area contributed by atoms with E-state index in [-0.39, 0.29) is 17.2 Å². The molecule has 9 heteroatoms. The van der Waals surface area contributed by atoms with E-state index in [0.29, 0.717) is 22.4 Å². The Morgan fingerprint density at radius 3 is 2.53 bits per heavy atom. The Bertz CT molecular complexity index is 1310. The third-order valence-electron chi connectivity index (χ3n) is 4.88. The van der Waals surface area contributed by atoms with Crippen molar-refractivity contribution in [3.05, 3.63) is 98.6 Å². The highest BCUT2D eigenvalue weighted by molar-refractivity contribution is 9.10. The number of methoxy groups -OCH3 is 1. The molecular weight excluding hydrogens is 525 g/mol. The Morgan fingerprint density at radius 1 is 1.06 bits per heavy atom. The summed E-state index contributed by atoms with van der Waals surface area (Å²) in [6, 6.07) is 17.2. The van der Waals surface area contributed by atoms with Crippen LogP contribution in [0.3, 0.4) is 0 Å². The van der Waals surface area contributed by atoms with Crippen molar-refractivity contribution in [1.82, 2.24) is 4.90 Å². The second-order valence-corrected chi connectivity index (χ2v) is 9.11. The Balaban J connectivity index is 1.51. The second-order valence-electron chi connectivity index (χ2n) is 7.20. The molecule has 1 aliphatic rings. The van der Waals surface area contributed by atoms with Gasteiger partial charge in [-0.1, -0.05) is 40.2 Å². The standard InChI is InChI=1S/C25H17BrFNO5S/c1-32-21-11-16(7-10-20(21)33-24(30)17-3-2-4-18(26)13-17)12-22-23(29)28(25(31)34-22)14-15-5-8-19(27)9-6-15/h2-13H,14H2,1H3/b22-12-. The second kappa shape index (κ2) is 10.2. The summed E-state index contributed by atoms with van der Waals surface area (Å²) in [7, 11) is 1.44. The van der Waals surface area contributed by atoms with E-state index in [0.717, 1.165) is 21.1 Å². The van der Waals surface area contributed by atoms with E-state index in [1.165, 1.54) is 31.4 Å². The van der Waals surface area contributed by atoms with Gasteiger partial charge in [0.1, 0.15) is 5.82 Å². The van der Waals surface area contributed by atoms with Crippen molar-refractivity contribution >= 4 is 50.9 Å². The number of ether oxygens (including phenoxy) is 2. The van der Waals surface area contributed by atoms with Crippen LogP contribution in [-0.4, -0.2) is 29.1 Å². The number of nitrogens with zero attached hydrogens (tertiary/aromatic N) is 1. The molecule has 0 aromatic heterocycles. The number of carbonyl (C=O) groups excluding carboxylic acids is 3. The van der Waals surface area contributed by atoms with Crippen molar-refractivity contribution in [1.29, 1.82) is 0 Å². The summed E-state index contributed by atoms with van der Waals surface area (Å²) in [6.07, 6.45) is 1.57. The lowest BCUT2D eigenvalue weighted by atomic mass is 10.1. The molecule has 3 aromatic rings. The summed E-state index contributed by atoms with van der Waals surface area (Å²) in [4.78, 5) is 39.0. The Morgan fingerprint density at radius 2 is 1.82 bits per heavy atom. The molecule has 0 unspecified atom stereocenters. The molecule has 2 amide bonds. The molecule has 3 aromatic carbocycles. The molecule has 1 fully saturated rings. The largest absolute Gasteiger partial charge is 0.493 e. The van der Waals surface area contributed by atoms with Crippen LogP contribution in [0.1, 0.15) is 21.5 Å². The van der Waals surface area contributed by atoms with E-state index in [2.05, 4.69) is 15.9 Å². The lowest BCUT2D eigenvalue weighted by Gasteiger charge is -2.12. The zero-order valence-electron chi connectivity index (χ0n) is 17.8. The Hall–Kier alpha value is -3.43. The molecule has 0 radical (unpaired) electrons. The van der Waals surface area contributed by atoms with Crippen LogP contribution in [-0.2, 0) is 11.3 Å². The molecule has 1 heterocycles. The van der Waals surface area contributed by atoms with Crippen molar-refractivity contribution in [3.8, 4) is 11.5 Å². The van der Waals surface area contributed by atoms with E-state index in [1.54, 1.807) is 48.5 Å². The zero-order chi connectivity index (χ0) is 24.2.